The summed E-state index contributed by atoms with van der Waals surface area (Å²) in [7, 11) is -4.91. The van der Waals surface area contributed by atoms with Gasteiger partial charge in [0.1, 0.15) is 0 Å². The van der Waals surface area contributed by atoms with Crippen LogP contribution in [0, 0.1) is 0 Å². The summed E-state index contributed by atoms with van der Waals surface area (Å²) < 4.78 is 76.0. The molecule has 0 saturated carbocycles. The first-order valence-electron chi connectivity index (χ1n) is 6.75. The number of halogens is 1. The van der Waals surface area contributed by atoms with Crippen molar-refractivity contribution >= 4 is 25.8 Å². The SMILES string of the molecule is [2H]C([2H])([2H])C([2H])(C([2H])([2H])[2H])S(=O)(=O)c1ccc(Br)cc1. The van der Waals surface area contributed by atoms with Crippen molar-refractivity contribution in [2.45, 2.75) is 23.8 Å². The van der Waals surface area contributed by atoms with Crippen LogP contribution in [-0.4, -0.2) is 13.6 Å². The third kappa shape index (κ3) is 2.31. The van der Waals surface area contributed by atoms with Gasteiger partial charge in [0.2, 0.25) is 0 Å². The summed E-state index contributed by atoms with van der Waals surface area (Å²) in [5.74, 6) is 0. The molecule has 1 rings (SSSR count). The summed E-state index contributed by atoms with van der Waals surface area (Å²) in [6.45, 7) is -7.05. The Hall–Kier alpha value is -0.350. The van der Waals surface area contributed by atoms with Crippen LogP contribution in [-0.2, 0) is 9.84 Å². The number of benzene rings is 1. The summed E-state index contributed by atoms with van der Waals surface area (Å²) in [5, 5.41) is -3.62. The van der Waals surface area contributed by atoms with Gasteiger partial charge >= 0.3 is 0 Å². The van der Waals surface area contributed by atoms with Crippen LogP contribution in [0.4, 0.5) is 0 Å². The van der Waals surface area contributed by atoms with Gasteiger partial charge in [0.15, 0.2) is 9.84 Å². The number of sulfone groups is 1. The maximum Gasteiger partial charge on any atom is 0.180 e. The molecule has 0 unspecified atom stereocenters. The van der Waals surface area contributed by atoms with E-state index in [-0.39, 0.29) is 0 Å². The van der Waals surface area contributed by atoms with Crippen LogP contribution in [0.25, 0.3) is 0 Å². The standard InChI is InChI=1S/C9H11BrO2S/c1-7(2)13(11,12)9-5-3-8(10)4-6-9/h3-7H,1-2H3/i1D3,2D3,7D. The van der Waals surface area contributed by atoms with Crippen LogP contribution in [0.3, 0.4) is 0 Å². The number of hydrogen-bond donors (Lipinski definition) is 0. The largest absolute Gasteiger partial charge is 0.223 e. The molecule has 4 heteroatoms. The Balaban J connectivity index is 3.61. The molecule has 0 heterocycles. The topological polar surface area (TPSA) is 34.1 Å². The lowest BCUT2D eigenvalue weighted by Gasteiger charge is -2.06. The quantitative estimate of drug-likeness (QED) is 0.827. The molecule has 0 bridgehead atoms. The molecule has 0 aliphatic rings. The Kier molecular flexibility index (Phi) is 1.30. The van der Waals surface area contributed by atoms with Crippen molar-refractivity contribution in [2.24, 2.45) is 0 Å². The monoisotopic (exact) mass is 269 g/mol. The average molecular weight is 270 g/mol. The molecule has 72 valence electrons. The van der Waals surface area contributed by atoms with Crippen molar-refractivity contribution in [3.63, 3.8) is 0 Å². The maximum absolute atomic E-state index is 12.3. The van der Waals surface area contributed by atoms with E-state index in [0.717, 1.165) is 12.1 Å². The molecule has 0 N–H and O–H groups in total. The van der Waals surface area contributed by atoms with Crippen molar-refractivity contribution < 1.29 is 18.0 Å². The van der Waals surface area contributed by atoms with Gasteiger partial charge < -0.3 is 0 Å². The molecule has 0 fully saturated rings. The van der Waals surface area contributed by atoms with Crippen LogP contribution < -0.4 is 0 Å². The van der Waals surface area contributed by atoms with E-state index < -0.39 is 33.7 Å². The highest BCUT2D eigenvalue weighted by atomic mass is 79.9. The first-order chi connectivity index (χ1) is 8.75. The molecular formula is C9H11BrO2S. The fraction of sp³-hybridized carbons (Fsp3) is 0.333. The Bertz CT molecular complexity index is 574. The molecule has 0 aliphatic heterocycles. The summed E-state index contributed by atoms with van der Waals surface area (Å²) in [6.07, 6.45) is 0. The zero-order valence-electron chi connectivity index (χ0n) is 13.4. The van der Waals surface area contributed by atoms with E-state index in [1.807, 2.05) is 0 Å². The van der Waals surface area contributed by atoms with Crippen LogP contribution in [0.5, 0.6) is 0 Å². The second-order valence-corrected chi connectivity index (χ2v) is 5.09. The number of rotatable bonds is 2. The lowest BCUT2D eigenvalue weighted by atomic mass is 10.4. The molecule has 2 nitrogen and oxygen atoms in total. The summed E-state index contributed by atoms with van der Waals surface area (Å²) in [6, 6.07) is 4.76. The minimum absolute atomic E-state index is 0.525. The second-order valence-electron chi connectivity index (χ2n) is 2.29. The third-order valence-corrected chi connectivity index (χ3v) is 3.35. The molecule has 13 heavy (non-hydrogen) atoms. The molecule has 0 aromatic heterocycles. The molecule has 1 aromatic rings. The Morgan fingerprint density at radius 1 is 1.38 bits per heavy atom. The van der Waals surface area contributed by atoms with E-state index in [1.165, 1.54) is 12.1 Å². The van der Waals surface area contributed by atoms with Gasteiger partial charge in [0, 0.05) is 14.1 Å². The van der Waals surface area contributed by atoms with Crippen LogP contribution in [0.15, 0.2) is 33.6 Å². The molecule has 1 aromatic carbocycles. The predicted molar refractivity (Wildman–Crippen MR) is 56.5 cm³/mol. The Labute approximate surface area is 96.9 Å². The molecule has 0 spiro atoms. The van der Waals surface area contributed by atoms with Crippen molar-refractivity contribution in [3.05, 3.63) is 28.7 Å². The fourth-order valence-electron chi connectivity index (χ4n) is 0.732. The van der Waals surface area contributed by atoms with Gasteiger partial charge in [-0.15, -0.1) is 0 Å². The highest BCUT2D eigenvalue weighted by Gasteiger charge is 2.18. The minimum Gasteiger partial charge on any atom is -0.223 e. The lowest BCUT2D eigenvalue weighted by molar-refractivity contribution is 0.587. The molecular weight excluding hydrogens is 252 g/mol. The molecule has 0 amide bonds. The van der Waals surface area contributed by atoms with Crippen LogP contribution >= 0.6 is 15.9 Å². The van der Waals surface area contributed by atoms with Gasteiger partial charge in [-0.05, 0) is 38.0 Å². The van der Waals surface area contributed by atoms with Crippen LogP contribution in [0.1, 0.15) is 23.3 Å². The van der Waals surface area contributed by atoms with Crippen molar-refractivity contribution in [1.29, 1.82) is 0 Å². The van der Waals surface area contributed by atoms with E-state index in [1.54, 1.807) is 0 Å². The molecule has 0 radical (unpaired) electrons. The highest BCUT2D eigenvalue weighted by Crippen LogP contribution is 2.18. The minimum atomic E-state index is -4.91. The van der Waals surface area contributed by atoms with Crippen molar-refractivity contribution in [3.8, 4) is 0 Å². The summed E-state index contributed by atoms with van der Waals surface area (Å²) in [4.78, 5) is -0.525. The average Bonchev–Trinajstić information content (AvgIpc) is 2.25. The van der Waals surface area contributed by atoms with Gasteiger partial charge in [0.25, 0.3) is 0 Å². The van der Waals surface area contributed by atoms with Gasteiger partial charge in [-0.1, -0.05) is 15.9 Å². The van der Waals surface area contributed by atoms with E-state index in [0.29, 0.717) is 4.47 Å². The maximum atomic E-state index is 12.3. The van der Waals surface area contributed by atoms with Crippen molar-refractivity contribution in [1.82, 2.24) is 0 Å². The number of hydrogen-bond acceptors (Lipinski definition) is 2. The third-order valence-electron chi connectivity index (χ3n) is 1.39. The van der Waals surface area contributed by atoms with Crippen molar-refractivity contribution in [2.75, 3.05) is 0 Å². The van der Waals surface area contributed by atoms with E-state index in [2.05, 4.69) is 15.9 Å². The molecule has 0 saturated heterocycles. The Morgan fingerprint density at radius 2 is 1.92 bits per heavy atom. The first-order valence-corrected chi connectivity index (χ1v) is 5.53. The summed E-state index contributed by atoms with van der Waals surface area (Å²) >= 11 is 3.08. The van der Waals surface area contributed by atoms with Gasteiger partial charge in [-0.2, -0.15) is 0 Å². The summed E-state index contributed by atoms with van der Waals surface area (Å²) in [5.41, 5.74) is 0. The first kappa shape index (κ1) is 4.45. The fourth-order valence-corrected chi connectivity index (χ4v) is 1.73. The lowest BCUT2D eigenvalue weighted by Crippen LogP contribution is -2.13. The molecule has 0 aliphatic carbocycles. The normalized spacial score (nSPS) is 22.7. The highest BCUT2D eigenvalue weighted by molar-refractivity contribution is 9.10. The zero-order valence-corrected chi connectivity index (χ0v) is 8.81. The van der Waals surface area contributed by atoms with Crippen LogP contribution in [0.2, 0.25) is 0 Å². The smallest absolute Gasteiger partial charge is 0.180 e. The molecule has 0 atom stereocenters. The van der Waals surface area contributed by atoms with E-state index in [9.17, 15) is 8.42 Å². The van der Waals surface area contributed by atoms with E-state index in [4.69, 9.17) is 9.60 Å². The van der Waals surface area contributed by atoms with Gasteiger partial charge in [-0.25, -0.2) is 8.42 Å². The second kappa shape index (κ2) is 3.80. The predicted octanol–water partition coefficient (Wildman–Crippen LogP) is 2.63. The van der Waals surface area contributed by atoms with Gasteiger partial charge in [0.05, 0.1) is 10.1 Å². The Morgan fingerprint density at radius 3 is 2.38 bits per heavy atom. The van der Waals surface area contributed by atoms with E-state index >= 15 is 0 Å². The zero-order chi connectivity index (χ0) is 16.0. The van der Waals surface area contributed by atoms with Gasteiger partial charge in [-0.3, -0.25) is 0 Å².